The second-order valence-electron chi connectivity index (χ2n) is 3.69. The number of carbonyl (C=O) groups is 5. The second-order valence-corrected chi connectivity index (χ2v) is 3.69. The minimum Gasteiger partial charge on any atom is -1.00 e. The van der Waals surface area contributed by atoms with E-state index in [1.165, 1.54) is 0 Å². The zero-order chi connectivity index (χ0) is 16.8. The summed E-state index contributed by atoms with van der Waals surface area (Å²) in [6.07, 6.45) is -2.80. The van der Waals surface area contributed by atoms with Crippen LogP contribution in [0.5, 0.6) is 0 Å². The molecule has 0 aromatic rings. The van der Waals surface area contributed by atoms with Gasteiger partial charge in [-0.05, 0) is 0 Å². The van der Waals surface area contributed by atoms with Gasteiger partial charge in [0.1, 0.15) is 0 Å². The molecule has 23 heavy (non-hydrogen) atoms. The van der Waals surface area contributed by atoms with E-state index < -0.39 is 54.0 Å². The van der Waals surface area contributed by atoms with Gasteiger partial charge in [-0.25, -0.2) is 14.4 Å². The molecule has 0 aromatic carbocycles. The van der Waals surface area contributed by atoms with Crippen molar-refractivity contribution < 1.29 is 116 Å². The zero-order valence-electron chi connectivity index (χ0n) is 14.2. The molecule has 0 unspecified atom stereocenters. The number of carboxylic acids is 5. The van der Waals surface area contributed by atoms with Crippen molar-refractivity contribution in [3.05, 3.63) is 11.8 Å². The summed E-state index contributed by atoms with van der Waals surface area (Å²) in [6, 6.07) is 0. The summed E-state index contributed by atoms with van der Waals surface area (Å²) < 4.78 is 4.41. The number of carboxylic acid groups (broad SMARTS) is 5. The third-order valence-corrected chi connectivity index (χ3v) is 2.03. The van der Waals surface area contributed by atoms with Crippen LogP contribution < -0.4 is 59.1 Å². The smallest absolute Gasteiger partial charge is 1.00 e. The van der Waals surface area contributed by atoms with Crippen molar-refractivity contribution in [3.8, 4) is 0 Å². The minimum absolute atomic E-state index is 0. The number of hydrogen-bond acceptors (Lipinski definition) is 6. The average molecular weight is 354 g/mol. The Morgan fingerprint density at radius 1 is 0.870 bits per heavy atom. The van der Waals surface area contributed by atoms with Crippen molar-refractivity contribution in [1.29, 1.82) is 0 Å². The van der Waals surface area contributed by atoms with Crippen LogP contribution in [0.2, 0.25) is 0 Å². The Morgan fingerprint density at radius 3 is 1.48 bits per heavy atom. The van der Waals surface area contributed by atoms with E-state index in [2.05, 4.69) is 4.74 Å². The van der Waals surface area contributed by atoms with Gasteiger partial charge in [0.25, 0.3) is 0 Å². The van der Waals surface area contributed by atoms with E-state index in [4.69, 9.17) is 25.5 Å². The summed E-state index contributed by atoms with van der Waals surface area (Å²) in [5.41, 5.74) is -2.96. The molecule has 0 aliphatic heterocycles. The maximum Gasteiger partial charge on any atom is 1.00 e. The molecule has 0 atom stereocenters. The Labute approximate surface area is 175 Å². The largest absolute Gasteiger partial charge is 1.00 e. The molecule has 0 saturated heterocycles. The van der Waals surface area contributed by atoms with Gasteiger partial charge in [0.05, 0.1) is 18.9 Å². The quantitative estimate of drug-likeness (QED) is 0.150. The first-order valence-corrected chi connectivity index (χ1v) is 5.04. The van der Waals surface area contributed by atoms with Crippen molar-refractivity contribution in [1.82, 2.24) is 0 Å². The van der Waals surface area contributed by atoms with Crippen LogP contribution in [0.1, 0.15) is 15.7 Å². The summed E-state index contributed by atoms with van der Waals surface area (Å²) in [5.74, 6) is -10.8. The zero-order valence-corrected chi connectivity index (χ0v) is 16.2. The van der Waals surface area contributed by atoms with E-state index in [1.807, 2.05) is 0 Å². The Morgan fingerprint density at radius 2 is 1.26 bits per heavy atom. The van der Waals surface area contributed by atoms with Crippen LogP contribution in [0.15, 0.2) is 11.8 Å². The van der Waals surface area contributed by atoms with Gasteiger partial charge in [-0.1, -0.05) is 0 Å². The molecule has 5 N–H and O–H groups in total. The first-order chi connectivity index (χ1) is 9.50. The summed E-state index contributed by atoms with van der Waals surface area (Å²) in [4.78, 5) is 53.6. The third kappa shape index (κ3) is 9.58. The minimum atomic E-state index is -2.96. The molecule has 0 bridgehead atoms. The van der Waals surface area contributed by atoms with Gasteiger partial charge in [0, 0.05) is 0 Å². The van der Waals surface area contributed by atoms with Gasteiger partial charge in [0.15, 0.2) is 0 Å². The molecular weight excluding hydrogens is 342 g/mol. The summed E-state index contributed by atoms with van der Waals surface area (Å²) >= 11 is 0. The molecule has 13 heteroatoms. The van der Waals surface area contributed by atoms with E-state index in [0.717, 1.165) is 0 Å². The Bertz CT molecular complexity index is 519. The molecular formula is C10H12Na2O11. The van der Waals surface area contributed by atoms with Crippen molar-refractivity contribution in [2.45, 2.75) is 18.4 Å². The van der Waals surface area contributed by atoms with Gasteiger partial charge < -0.3 is 33.1 Å². The van der Waals surface area contributed by atoms with Crippen LogP contribution in [-0.4, -0.2) is 61.0 Å². The number of ether oxygens (including phenoxy) is 1. The number of rotatable bonds is 9. The molecule has 0 aliphatic rings. The van der Waals surface area contributed by atoms with E-state index in [9.17, 15) is 24.0 Å². The standard InChI is InChI=1S/C10H10O11.2Na.2H/c11-5(12)1-4(8(17)18)21-10(9(19)20,2-6(13)14)3-7(15)16;;;;/h1H,2-3H2,(H,11,12)(H,13,14)(H,15,16)(H,17,18)(H,19,20);;;;/q;2*+1;2*-1/b4-1-;;;;. The second kappa shape index (κ2) is 11.4. The van der Waals surface area contributed by atoms with Gasteiger partial charge in [-0.2, -0.15) is 0 Å². The molecule has 11 nitrogen and oxygen atoms in total. The molecule has 0 aliphatic carbocycles. The molecule has 0 amide bonds. The predicted octanol–water partition coefficient (Wildman–Crippen LogP) is -6.94. The molecule has 0 fully saturated rings. The van der Waals surface area contributed by atoms with Crippen molar-refractivity contribution in [2.75, 3.05) is 0 Å². The molecule has 0 rings (SSSR count). The molecule has 0 saturated carbocycles. The molecule has 0 aromatic heterocycles. The fourth-order valence-corrected chi connectivity index (χ4v) is 1.28. The average Bonchev–Trinajstić information content (AvgIpc) is 2.24. The van der Waals surface area contributed by atoms with Crippen LogP contribution >= 0.6 is 0 Å². The number of aliphatic carboxylic acids is 5. The van der Waals surface area contributed by atoms with Gasteiger partial charge in [-0.15, -0.1) is 0 Å². The third-order valence-electron chi connectivity index (χ3n) is 2.03. The van der Waals surface area contributed by atoms with E-state index in [1.54, 1.807) is 0 Å². The van der Waals surface area contributed by atoms with Gasteiger partial charge in [-0.3, -0.25) is 9.59 Å². The van der Waals surface area contributed by atoms with Crippen molar-refractivity contribution in [3.63, 3.8) is 0 Å². The maximum absolute atomic E-state index is 11.1. The van der Waals surface area contributed by atoms with Gasteiger partial charge >= 0.3 is 89.0 Å². The first-order valence-electron chi connectivity index (χ1n) is 5.04. The Hall–Kier alpha value is -1.11. The molecule has 0 radical (unpaired) electrons. The van der Waals surface area contributed by atoms with Crippen molar-refractivity contribution in [2.24, 2.45) is 0 Å². The van der Waals surface area contributed by atoms with Gasteiger partial charge in [0.2, 0.25) is 11.4 Å². The van der Waals surface area contributed by atoms with Crippen LogP contribution in [0.3, 0.4) is 0 Å². The Balaban J connectivity index is -0.000000333. The normalized spacial score (nSPS) is 10.5. The van der Waals surface area contributed by atoms with Crippen molar-refractivity contribution >= 4 is 29.8 Å². The SMILES string of the molecule is O=C(O)/C=C(\OC(CC(=O)O)(CC(=O)O)C(=O)O)C(=O)O.[H-].[H-].[Na+].[Na+]. The summed E-state index contributed by atoms with van der Waals surface area (Å²) in [6.45, 7) is 0. The van der Waals surface area contributed by atoms with E-state index >= 15 is 0 Å². The Kier molecular flexibility index (Phi) is 13.3. The maximum atomic E-state index is 11.1. The summed E-state index contributed by atoms with van der Waals surface area (Å²) in [7, 11) is 0. The topological polar surface area (TPSA) is 196 Å². The van der Waals surface area contributed by atoms with E-state index in [0.29, 0.717) is 0 Å². The van der Waals surface area contributed by atoms with Crippen LogP contribution in [0, 0.1) is 0 Å². The van der Waals surface area contributed by atoms with Crippen LogP contribution in [-0.2, 0) is 28.7 Å². The predicted molar refractivity (Wildman–Crippen MR) is 61.5 cm³/mol. The molecule has 120 valence electrons. The monoisotopic (exact) mass is 354 g/mol. The fourth-order valence-electron chi connectivity index (χ4n) is 1.28. The van der Waals surface area contributed by atoms with Crippen LogP contribution in [0.25, 0.3) is 0 Å². The molecule has 0 spiro atoms. The summed E-state index contributed by atoms with van der Waals surface area (Å²) in [5, 5.41) is 43.3. The first kappa shape index (κ1) is 26.8. The number of hydrogen-bond donors (Lipinski definition) is 5. The molecule has 0 heterocycles. The van der Waals surface area contributed by atoms with Crippen LogP contribution in [0.4, 0.5) is 0 Å². The van der Waals surface area contributed by atoms with E-state index in [-0.39, 0.29) is 68.0 Å². The fraction of sp³-hybridized carbons (Fsp3) is 0.300.